The van der Waals surface area contributed by atoms with Gasteiger partial charge < -0.3 is 19.5 Å². The number of aliphatic hydroxyl groups is 1. The van der Waals surface area contributed by atoms with Gasteiger partial charge in [0.05, 0.1) is 23.4 Å². The Morgan fingerprint density at radius 3 is 2.46 bits per heavy atom. The number of piperidine rings is 1. The Kier molecular flexibility index (Phi) is 7.60. The minimum atomic E-state index is -1.03. The summed E-state index contributed by atoms with van der Waals surface area (Å²) in [5.41, 5.74) is 0.166. The van der Waals surface area contributed by atoms with E-state index in [-0.39, 0.29) is 30.4 Å². The molecule has 190 valence electrons. The third kappa shape index (κ3) is 6.26. The van der Waals surface area contributed by atoms with E-state index < -0.39 is 17.0 Å². The Hall–Kier alpha value is -2.35. The first-order valence-electron chi connectivity index (χ1n) is 12.4. The fourth-order valence-electron chi connectivity index (χ4n) is 5.29. The van der Waals surface area contributed by atoms with Gasteiger partial charge in [0.1, 0.15) is 11.6 Å². The molecular weight excluding hydrogens is 452 g/mol. The summed E-state index contributed by atoms with van der Waals surface area (Å²) < 4.78 is 40.6. The number of ether oxygens (including phenoxy) is 2. The van der Waals surface area contributed by atoms with E-state index in [1.165, 1.54) is 18.2 Å². The molecule has 35 heavy (non-hydrogen) atoms. The van der Waals surface area contributed by atoms with Crippen molar-refractivity contribution in [2.45, 2.75) is 76.3 Å². The van der Waals surface area contributed by atoms with Crippen molar-refractivity contribution in [2.24, 2.45) is 0 Å². The second-order valence-electron chi connectivity index (χ2n) is 10.4. The molecule has 0 aliphatic carbocycles. The molecule has 1 N–H and O–H groups in total. The molecule has 2 saturated heterocycles. The first-order valence-corrected chi connectivity index (χ1v) is 12.4. The molecule has 2 aliphatic heterocycles. The molecule has 7 heteroatoms. The molecule has 0 bridgehead atoms. The molecule has 2 aromatic carbocycles. The number of carbonyl (C=O) groups excluding carboxylic acids is 1. The number of hydrogen-bond donors (Lipinski definition) is 1. The minimum absolute atomic E-state index is 0.0310. The van der Waals surface area contributed by atoms with Crippen molar-refractivity contribution in [1.29, 1.82) is 0 Å². The molecule has 0 saturated carbocycles. The molecule has 2 aromatic rings. The van der Waals surface area contributed by atoms with Crippen molar-refractivity contribution in [3.63, 3.8) is 0 Å². The zero-order chi connectivity index (χ0) is 25.2. The Balaban J connectivity index is 1.44. The molecule has 1 spiro atoms. The third-order valence-electron chi connectivity index (χ3n) is 7.00. The van der Waals surface area contributed by atoms with Gasteiger partial charge in [-0.1, -0.05) is 18.2 Å². The molecule has 0 aromatic heterocycles. The molecule has 0 unspecified atom stereocenters. The van der Waals surface area contributed by atoms with Gasteiger partial charge in [-0.15, -0.1) is 0 Å². The Labute approximate surface area is 206 Å². The second-order valence-corrected chi connectivity index (χ2v) is 10.4. The molecule has 2 heterocycles. The molecule has 2 fully saturated rings. The number of rotatable bonds is 6. The Bertz CT molecular complexity index is 1030. The van der Waals surface area contributed by atoms with Gasteiger partial charge in [0.25, 0.3) is 5.91 Å². The number of halogens is 2. The average molecular weight is 488 g/mol. The van der Waals surface area contributed by atoms with Crippen molar-refractivity contribution in [3.05, 3.63) is 70.8 Å². The minimum Gasteiger partial charge on any atom is -0.390 e. The van der Waals surface area contributed by atoms with Gasteiger partial charge in [0.2, 0.25) is 0 Å². The number of likely N-dealkylation sites (tertiary alicyclic amines) is 1. The molecule has 4 rings (SSSR count). The molecule has 1 amide bonds. The average Bonchev–Trinajstić information content (AvgIpc) is 2.80. The second kappa shape index (κ2) is 10.3. The van der Waals surface area contributed by atoms with Gasteiger partial charge >= 0.3 is 0 Å². The van der Waals surface area contributed by atoms with E-state index in [0.717, 1.165) is 12.0 Å². The molecule has 5 nitrogen and oxygen atoms in total. The van der Waals surface area contributed by atoms with Crippen LogP contribution in [0.5, 0.6) is 0 Å². The van der Waals surface area contributed by atoms with Gasteiger partial charge in [-0.3, -0.25) is 4.79 Å². The fraction of sp³-hybridized carbons (Fsp3) is 0.536. The third-order valence-corrected chi connectivity index (χ3v) is 7.00. The smallest absolute Gasteiger partial charge is 0.253 e. The van der Waals surface area contributed by atoms with Crippen LogP contribution in [-0.4, -0.2) is 52.9 Å². The van der Waals surface area contributed by atoms with Crippen LogP contribution in [0, 0.1) is 11.6 Å². The SMILES string of the molecule is CCO[C@H]1C[C@@H](c2ccc(F)cc2)OC2(CCN(C(=O)c3ccc(CC(C)(C)O)c(F)c3)CC2)C1. The van der Waals surface area contributed by atoms with Crippen molar-refractivity contribution in [3.8, 4) is 0 Å². The summed E-state index contributed by atoms with van der Waals surface area (Å²) in [7, 11) is 0. The van der Waals surface area contributed by atoms with Crippen molar-refractivity contribution in [2.75, 3.05) is 19.7 Å². The molecule has 0 radical (unpaired) electrons. The first kappa shape index (κ1) is 25.7. The standard InChI is InChI=1S/C28H35F2NO4/c1-4-34-23-16-25(19-7-9-22(29)10-8-19)35-28(18-23)11-13-31(14-12-28)26(32)20-5-6-21(24(30)15-20)17-27(2,3)33/h5-10,15,23,25,33H,4,11-14,16-18H2,1-3H3/t23-,25-/m0/s1. The zero-order valence-electron chi connectivity index (χ0n) is 20.7. The van der Waals surface area contributed by atoms with Crippen LogP contribution in [0.1, 0.15) is 74.0 Å². The quantitative estimate of drug-likeness (QED) is 0.608. The molecule has 2 atom stereocenters. The highest BCUT2D eigenvalue weighted by Crippen LogP contribution is 2.44. The highest BCUT2D eigenvalue weighted by atomic mass is 19.1. The Morgan fingerprint density at radius 1 is 1.17 bits per heavy atom. The van der Waals surface area contributed by atoms with Crippen LogP contribution in [-0.2, 0) is 15.9 Å². The van der Waals surface area contributed by atoms with Crippen LogP contribution in [0.2, 0.25) is 0 Å². The van der Waals surface area contributed by atoms with Gasteiger partial charge in [0.15, 0.2) is 0 Å². The fourth-order valence-corrected chi connectivity index (χ4v) is 5.29. The predicted octanol–water partition coefficient (Wildman–Crippen LogP) is 5.21. The van der Waals surface area contributed by atoms with Crippen LogP contribution < -0.4 is 0 Å². The van der Waals surface area contributed by atoms with E-state index in [0.29, 0.717) is 50.1 Å². The lowest BCUT2D eigenvalue weighted by atomic mass is 9.80. The van der Waals surface area contributed by atoms with Crippen LogP contribution >= 0.6 is 0 Å². The number of benzene rings is 2. The summed E-state index contributed by atoms with van der Waals surface area (Å²) in [6, 6.07) is 10.9. The normalized spacial score (nSPS) is 22.4. The summed E-state index contributed by atoms with van der Waals surface area (Å²) in [6.07, 6.45) is 2.77. The summed E-state index contributed by atoms with van der Waals surface area (Å²) in [4.78, 5) is 14.9. The maximum absolute atomic E-state index is 14.6. The van der Waals surface area contributed by atoms with Crippen LogP contribution in [0.4, 0.5) is 8.78 Å². The lowest BCUT2D eigenvalue weighted by Gasteiger charge is -2.48. The lowest BCUT2D eigenvalue weighted by Crippen LogP contribution is -2.52. The predicted molar refractivity (Wildman–Crippen MR) is 129 cm³/mol. The lowest BCUT2D eigenvalue weighted by molar-refractivity contribution is -0.190. The Morgan fingerprint density at radius 2 is 1.86 bits per heavy atom. The van der Waals surface area contributed by atoms with Gasteiger partial charge in [-0.2, -0.15) is 0 Å². The molecular formula is C28H35F2NO4. The van der Waals surface area contributed by atoms with Gasteiger partial charge in [-0.25, -0.2) is 8.78 Å². The monoisotopic (exact) mass is 487 g/mol. The summed E-state index contributed by atoms with van der Waals surface area (Å²) in [5, 5.41) is 9.98. The number of carbonyl (C=O) groups is 1. The van der Waals surface area contributed by atoms with Crippen molar-refractivity contribution < 1.29 is 28.2 Å². The highest BCUT2D eigenvalue weighted by Gasteiger charge is 2.45. The van der Waals surface area contributed by atoms with E-state index in [2.05, 4.69) is 0 Å². The van der Waals surface area contributed by atoms with E-state index in [1.807, 2.05) is 6.92 Å². The highest BCUT2D eigenvalue weighted by molar-refractivity contribution is 5.94. The first-order chi connectivity index (χ1) is 16.6. The number of nitrogens with zero attached hydrogens (tertiary/aromatic N) is 1. The number of hydrogen-bond acceptors (Lipinski definition) is 4. The van der Waals surface area contributed by atoms with E-state index in [4.69, 9.17) is 9.47 Å². The van der Waals surface area contributed by atoms with Crippen LogP contribution in [0.25, 0.3) is 0 Å². The molecule has 2 aliphatic rings. The van der Waals surface area contributed by atoms with Crippen molar-refractivity contribution in [1.82, 2.24) is 4.90 Å². The summed E-state index contributed by atoms with van der Waals surface area (Å²) in [6.45, 7) is 6.83. The largest absolute Gasteiger partial charge is 0.390 e. The van der Waals surface area contributed by atoms with Gasteiger partial charge in [0, 0.05) is 44.5 Å². The van der Waals surface area contributed by atoms with Crippen LogP contribution in [0.3, 0.4) is 0 Å². The summed E-state index contributed by atoms with van der Waals surface area (Å²) >= 11 is 0. The maximum Gasteiger partial charge on any atom is 0.253 e. The van der Waals surface area contributed by atoms with E-state index in [1.54, 1.807) is 43.0 Å². The topological polar surface area (TPSA) is 59.0 Å². The van der Waals surface area contributed by atoms with E-state index in [9.17, 15) is 18.7 Å². The maximum atomic E-state index is 14.6. The van der Waals surface area contributed by atoms with Crippen LogP contribution in [0.15, 0.2) is 42.5 Å². The zero-order valence-corrected chi connectivity index (χ0v) is 20.7. The van der Waals surface area contributed by atoms with Crippen molar-refractivity contribution >= 4 is 5.91 Å². The number of amides is 1. The summed E-state index contributed by atoms with van der Waals surface area (Å²) in [5.74, 6) is -0.971. The van der Waals surface area contributed by atoms with Gasteiger partial charge in [-0.05, 0) is 69.0 Å². The van der Waals surface area contributed by atoms with E-state index >= 15 is 0 Å².